The zero-order valence-corrected chi connectivity index (χ0v) is 9.88. The van der Waals surface area contributed by atoms with Crippen LogP contribution in [0.5, 0.6) is 0 Å². The van der Waals surface area contributed by atoms with E-state index in [1.807, 2.05) is 0 Å². The van der Waals surface area contributed by atoms with E-state index in [1.54, 1.807) is 0 Å². The summed E-state index contributed by atoms with van der Waals surface area (Å²) in [5, 5.41) is 3.59. The number of benzene rings is 1. The van der Waals surface area contributed by atoms with E-state index in [9.17, 15) is 0 Å². The standard InChI is InChI=1S/C13H20N2/c1-4-11-5-6-13-12(9-11)14-10(2)7-8-15(13)3/h5-6,9-10,14H,4,7-8H2,1-3H3. The van der Waals surface area contributed by atoms with Crippen molar-refractivity contribution in [3.05, 3.63) is 23.8 Å². The van der Waals surface area contributed by atoms with Crippen molar-refractivity contribution in [3.8, 4) is 0 Å². The van der Waals surface area contributed by atoms with Crippen LogP contribution >= 0.6 is 0 Å². The number of aryl methyl sites for hydroxylation is 1. The van der Waals surface area contributed by atoms with Crippen molar-refractivity contribution >= 4 is 11.4 Å². The molecule has 0 saturated heterocycles. The van der Waals surface area contributed by atoms with Gasteiger partial charge in [0.05, 0.1) is 11.4 Å². The van der Waals surface area contributed by atoms with E-state index in [1.165, 1.54) is 23.4 Å². The molecule has 1 aromatic rings. The second-order valence-electron chi connectivity index (χ2n) is 4.46. The highest BCUT2D eigenvalue weighted by Gasteiger charge is 2.15. The molecule has 1 heterocycles. The number of rotatable bonds is 1. The van der Waals surface area contributed by atoms with Gasteiger partial charge in [0.25, 0.3) is 0 Å². The topological polar surface area (TPSA) is 15.3 Å². The molecule has 2 nitrogen and oxygen atoms in total. The zero-order chi connectivity index (χ0) is 10.8. The first-order chi connectivity index (χ1) is 7.20. The Labute approximate surface area is 92.3 Å². The largest absolute Gasteiger partial charge is 0.381 e. The Balaban J connectivity index is 2.38. The molecule has 82 valence electrons. The van der Waals surface area contributed by atoms with Crippen LogP contribution in [0.15, 0.2) is 18.2 Å². The Morgan fingerprint density at radius 1 is 1.47 bits per heavy atom. The van der Waals surface area contributed by atoms with Crippen molar-refractivity contribution in [2.45, 2.75) is 32.7 Å². The molecular formula is C13H20N2. The third kappa shape index (κ3) is 2.09. The van der Waals surface area contributed by atoms with Crippen LogP contribution in [0, 0.1) is 0 Å². The van der Waals surface area contributed by atoms with E-state index in [4.69, 9.17) is 0 Å². The first-order valence-corrected chi connectivity index (χ1v) is 5.81. The van der Waals surface area contributed by atoms with Gasteiger partial charge in [-0.3, -0.25) is 0 Å². The Morgan fingerprint density at radius 2 is 2.27 bits per heavy atom. The number of nitrogens with one attached hydrogen (secondary N) is 1. The van der Waals surface area contributed by atoms with Gasteiger partial charge < -0.3 is 10.2 Å². The van der Waals surface area contributed by atoms with Crippen LogP contribution < -0.4 is 10.2 Å². The molecule has 1 unspecified atom stereocenters. The van der Waals surface area contributed by atoms with Gasteiger partial charge in [-0.2, -0.15) is 0 Å². The first kappa shape index (κ1) is 10.3. The Bertz CT molecular complexity index is 346. The molecule has 0 spiro atoms. The molecule has 1 aliphatic heterocycles. The van der Waals surface area contributed by atoms with Crippen molar-refractivity contribution < 1.29 is 0 Å². The molecule has 1 atom stereocenters. The first-order valence-electron chi connectivity index (χ1n) is 5.81. The number of hydrogen-bond donors (Lipinski definition) is 1. The summed E-state index contributed by atoms with van der Waals surface area (Å²) >= 11 is 0. The number of hydrogen-bond acceptors (Lipinski definition) is 2. The molecular weight excluding hydrogens is 184 g/mol. The molecule has 0 aliphatic carbocycles. The average Bonchev–Trinajstić information content (AvgIpc) is 2.38. The minimum atomic E-state index is 0.570. The summed E-state index contributed by atoms with van der Waals surface area (Å²) in [6.45, 7) is 5.58. The van der Waals surface area contributed by atoms with E-state index in [-0.39, 0.29) is 0 Å². The molecule has 0 aromatic heterocycles. The van der Waals surface area contributed by atoms with Crippen LogP contribution in [0.2, 0.25) is 0 Å². The predicted molar refractivity (Wildman–Crippen MR) is 66.8 cm³/mol. The third-order valence-corrected chi connectivity index (χ3v) is 3.18. The van der Waals surface area contributed by atoms with E-state index >= 15 is 0 Å². The lowest BCUT2D eigenvalue weighted by atomic mass is 10.1. The fraction of sp³-hybridized carbons (Fsp3) is 0.538. The van der Waals surface area contributed by atoms with Crippen molar-refractivity contribution in [2.24, 2.45) is 0 Å². The van der Waals surface area contributed by atoms with Crippen LogP contribution in [-0.4, -0.2) is 19.6 Å². The quantitative estimate of drug-likeness (QED) is 0.756. The van der Waals surface area contributed by atoms with Crippen LogP contribution in [-0.2, 0) is 6.42 Å². The van der Waals surface area contributed by atoms with E-state index in [0.717, 1.165) is 13.0 Å². The summed E-state index contributed by atoms with van der Waals surface area (Å²) in [7, 11) is 2.17. The van der Waals surface area contributed by atoms with Crippen molar-refractivity contribution in [1.82, 2.24) is 0 Å². The highest BCUT2D eigenvalue weighted by molar-refractivity contribution is 5.71. The molecule has 0 fully saturated rings. The van der Waals surface area contributed by atoms with E-state index in [2.05, 4.69) is 49.3 Å². The molecule has 0 bridgehead atoms. The lowest BCUT2D eigenvalue weighted by molar-refractivity contribution is 0.711. The molecule has 2 heteroatoms. The van der Waals surface area contributed by atoms with Gasteiger partial charge in [-0.15, -0.1) is 0 Å². The fourth-order valence-corrected chi connectivity index (χ4v) is 2.10. The number of fused-ring (bicyclic) bond motifs is 1. The maximum atomic E-state index is 3.59. The van der Waals surface area contributed by atoms with E-state index in [0.29, 0.717) is 6.04 Å². The van der Waals surface area contributed by atoms with Gasteiger partial charge in [0.2, 0.25) is 0 Å². The van der Waals surface area contributed by atoms with E-state index < -0.39 is 0 Å². The van der Waals surface area contributed by atoms with Crippen LogP contribution in [0.4, 0.5) is 11.4 Å². The SMILES string of the molecule is CCc1ccc2c(c1)NC(C)CCN2C. The summed E-state index contributed by atoms with van der Waals surface area (Å²) in [5.74, 6) is 0. The van der Waals surface area contributed by atoms with Gasteiger partial charge in [0, 0.05) is 19.6 Å². The second-order valence-corrected chi connectivity index (χ2v) is 4.46. The van der Waals surface area contributed by atoms with Crippen molar-refractivity contribution in [2.75, 3.05) is 23.8 Å². The average molecular weight is 204 g/mol. The Hall–Kier alpha value is -1.18. The smallest absolute Gasteiger partial charge is 0.0599 e. The summed E-state index contributed by atoms with van der Waals surface area (Å²) in [5.41, 5.74) is 4.03. The van der Waals surface area contributed by atoms with Gasteiger partial charge in [-0.05, 0) is 37.5 Å². The molecule has 0 saturated carbocycles. The Kier molecular flexibility index (Phi) is 2.85. The normalized spacial score (nSPS) is 20.5. The van der Waals surface area contributed by atoms with Crippen LogP contribution in [0.3, 0.4) is 0 Å². The lowest BCUT2D eigenvalue weighted by Crippen LogP contribution is -2.19. The maximum absolute atomic E-state index is 3.59. The summed E-state index contributed by atoms with van der Waals surface area (Å²) in [4.78, 5) is 2.34. The van der Waals surface area contributed by atoms with Crippen LogP contribution in [0.1, 0.15) is 25.8 Å². The maximum Gasteiger partial charge on any atom is 0.0599 e. The van der Waals surface area contributed by atoms with Gasteiger partial charge in [-0.1, -0.05) is 13.0 Å². The Morgan fingerprint density at radius 3 is 3.00 bits per heavy atom. The summed E-state index contributed by atoms with van der Waals surface area (Å²) in [6.07, 6.45) is 2.31. The molecule has 1 N–H and O–H groups in total. The van der Waals surface area contributed by atoms with Gasteiger partial charge >= 0.3 is 0 Å². The number of nitrogens with zero attached hydrogens (tertiary/aromatic N) is 1. The van der Waals surface area contributed by atoms with Crippen LogP contribution in [0.25, 0.3) is 0 Å². The van der Waals surface area contributed by atoms with Gasteiger partial charge in [-0.25, -0.2) is 0 Å². The zero-order valence-electron chi connectivity index (χ0n) is 9.88. The predicted octanol–water partition coefficient (Wildman–Crippen LogP) is 2.89. The molecule has 1 aliphatic rings. The molecule has 2 rings (SSSR count). The highest BCUT2D eigenvalue weighted by atomic mass is 15.1. The minimum Gasteiger partial charge on any atom is -0.381 e. The summed E-state index contributed by atoms with van der Waals surface area (Å²) in [6, 6.07) is 7.32. The van der Waals surface area contributed by atoms with Crippen molar-refractivity contribution in [3.63, 3.8) is 0 Å². The molecule has 0 radical (unpaired) electrons. The van der Waals surface area contributed by atoms with Gasteiger partial charge in [0.15, 0.2) is 0 Å². The third-order valence-electron chi connectivity index (χ3n) is 3.18. The highest BCUT2D eigenvalue weighted by Crippen LogP contribution is 2.30. The molecule has 15 heavy (non-hydrogen) atoms. The minimum absolute atomic E-state index is 0.570. The van der Waals surface area contributed by atoms with Gasteiger partial charge in [0.1, 0.15) is 0 Å². The monoisotopic (exact) mass is 204 g/mol. The molecule has 1 aromatic carbocycles. The molecule has 0 amide bonds. The number of anilines is 2. The fourth-order valence-electron chi connectivity index (χ4n) is 2.10. The summed E-state index contributed by atoms with van der Waals surface area (Å²) < 4.78 is 0. The van der Waals surface area contributed by atoms with Crippen molar-refractivity contribution in [1.29, 1.82) is 0 Å². The lowest BCUT2D eigenvalue weighted by Gasteiger charge is -2.19. The second kappa shape index (κ2) is 4.13.